The Bertz CT molecular complexity index is 256. The molecule has 1 heterocycles. The first kappa shape index (κ1) is 10.4. The molecule has 0 spiro atoms. The van der Waals surface area contributed by atoms with Gasteiger partial charge in [-0.15, -0.1) is 0 Å². The Morgan fingerprint density at radius 1 is 1.77 bits per heavy atom. The minimum atomic E-state index is -0.398. The summed E-state index contributed by atoms with van der Waals surface area (Å²) in [5.41, 5.74) is 2.07. The van der Waals surface area contributed by atoms with Crippen molar-refractivity contribution in [2.24, 2.45) is 0 Å². The van der Waals surface area contributed by atoms with Crippen molar-refractivity contribution >= 4 is 11.3 Å². The summed E-state index contributed by atoms with van der Waals surface area (Å²) in [5.74, 6) is 0. The van der Waals surface area contributed by atoms with Crippen molar-refractivity contribution in [3.8, 4) is 0 Å². The van der Waals surface area contributed by atoms with Gasteiger partial charge in [0.05, 0.1) is 6.10 Å². The molecule has 2 nitrogen and oxygen atoms in total. The monoisotopic (exact) mass is 197 g/mol. The van der Waals surface area contributed by atoms with Gasteiger partial charge in [-0.2, -0.15) is 11.3 Å². The average Bonchev–Trinajstić information content (AvgIpc) is 2.55. The molecule has 0 radical (unpaired) electrons. The lowest BCUT2D eigenvalue weighted by molar-refractivity contribution is 0.176. The number of aliphatic hydroxyl groups excluding tert-OH is 1. The molecular formula is C10H15NOS. The zero-order valence-electron chi connectivity index (χ0n) is 7.79. The second-order valence-corrected chi connectivity index (χ2v) is 3.94. The molecule has 1 unspecified atom stereocenters. The second kappa shape index (κ2) is 5.17. The van der Waals surface area contributed by atoms with Crippen molar-refractivity contribution in [3.63, 3.8) is 0 Å². The lowest BCUT2D eigenvalue weighted by Crippen LogP contribution is -2.22. The summed E-state index contributed by atoms with van der Waals surface area (Å²) in [5, 5.41) is 16.7. The molecule has 0 fully saturated rings. The minimum absolute atomic E-state index is 0.398. The average molecular weight is 197 g/mol. The third kappa shape index (κ3) is 3.72. The van der Waals surface area contributed by atoms with E-state index >= 15 is 0 Å². The van der Waals surface area contributed by atoms with Crippen LogP contribution < -0.4 is 5.32 Å². The van der Waals surface area contributed by atoms with Crippen LogP contribution >= 0.6 is 11.3 Å². The fourth-order valence-corrected chi connectivity index (χ4v) is 1.71. The third-order valence-corrected chi connectivity index (χ3v) is 2.39. The van der Waals surface area contributed by atoms with Gasteiger partial charge in [-0.3, -0.25) is 0 Å². The molecule has 0 aliphatic carbocycles. The number of rotatable bonds is 5. The van der Waals surface area contributed by atoms with Crippen molar-refractivity contribution in [2.45, 2.75) is 13.0 Å². The van der Waals surface area contributed by atoms with E-state index in [2.05, 4.69) is 11.9 Å². The summed E-state index contributed by atoms with van der Waals surface area (Å²) in [6.07, 6.45) is -0.398. The highest BCUT2D eigenvalue weighted by Crippen LogP contribution is 2.14. The van der Waals surface area contributed by atoms with Gasteiger partial charge in [0, 0.05) is 13.1 Å². The third-order valence-electron chi connectivity index (χ3n) is 1.69. The molecule has 1 aromatic rings. The molecule has 2 N–H and O–H groups in total. The lowest BCUT2D eigenvalue weighted by atomic mass is 10.2. The van der Waals surface area contributed by atoms with Crippen molar-refractivity contribution < 1.29 is 5.11 Å². The summed E-state index contributed by atoms with van der Waals surface area (Å²) in [6, 6.07) is 1.94. The van der Waals surface area contributed by atoms with E-state index in [1.165, 1.54) is 0 Å². The zero-order chi connectivity index (χ0) is 9.68. The van der Waals surface area contributed by atoms with E-state index in [0.717, 1.165) is 17.7 Å². The molecule has 0 aliphatic heterocycles. The van der Waals surface area contributed by atoms with Gasteiger partial charge in [0.2, 0.25) is 0 Å². The van der Waals surface area contributed by atoms with Gasteiger partial charge in [0.15, 0.2) is 0 Å². The van der Waals surface area contributed by atoms with Gasteiger partial charge in [-0.1, -0.05) is 12.2 Å². The lowest BCUT2D eigenvalue weighted by Gasteiger charge is -2.09. The van der Waals surface area contributed by atoms with E-state index in [-0.39, 0.29) is 0 Å². The van der Waals surface area contributed by atoms with Crippen molar-refractivity contribution in [1.82, 2.24) is 5.32 Å². The number of nitrogens with one attached hydrogen (secondary N) is 1. The van der Waals surface area contributed by atoms with E-state index in [9.17, 15) is 5.11 Å². The van der Waals surface area contributed by atoms with Crippen LogP contribution in [-0.2, 0) is 0 Å². The van der Waals surface area contributed by atoms with Gasteiger partial charge in [-0.05, 0) is 29.3 Å². The van der Waals surface area contributed by atoms with Crippen LogP contribution in [0.2, 0.25) is 0 Å². The predicted octanol–water partition coefficient (Wildman–Crippen LogP) is 1.95. The zero-order valence-corrected chi connectivity index (χ0v) is 8.60. The molecule has 0 aromatic carbocycles. The van der Waals surface area contributed by atoms with E-state index in [1.54, 1.807) is 11.3 Å². The van der Waals surface area contributed by atoms with Crippen LogP contribution in [0.15, 0.2) is 29.0 Å². The smallest absolute Gasteiger partial charge is 0.0922 e. The van der Waals surface area contributed by atoms with E-state index < -0.39 is 6.10 Å². The van der Waals surface area contributed by atoms with Crippen LogP contribution in [0.5, 0.6) is 0 Å². The molecule has 72 valence electrons. The molecule has 13 heavy (non-hydrogen) atoms. The largest absolute Gasteiger partial charge is 0.387 e. The first-order chi connectivity index (χ1) is 6.20. The summed E-state index contributed by atoms with van der Waals surface area (Å²) < 4.78 is 0. The summed E-state index contributed by atoms with van der Waals surface area (Å²) in [6.45, 7) is 7.09. The van der Waals surface area contributed by atoms with Crippen LogP contribution in [-0.4, -0.2) is 18.2 Å². The molecular weight excluding hydrogens is 182 g/mol. The van der Waals surface area contributed by atoms with E-state index in [4.69, 9.17) is 0 Å². The van der Waals surface area contributed by atoms with Crippen LogP contribution in [0, 0.1) is 0 Å². The van der Waals surface area contributed by atoms with Crippen LogP contribution in [0.3, 0.4) is 0 Å². The number of hydrogen-bond donors (Lipinski definition) is 2. The highest BCUT2D eigenvalue weighted by atomic mass is 32.1. The highest BCUT2D eigenvalue weighted by molar-refractivity contribution is 7.07. The molecule has 0 saturated carbocycles. The maximum Gasteiger partial charge on any atom is 0.0922 e. The SMILES string of the molecule is C=C(C)CNCC(O)c1ccsc1. The van der Waals surface area contributed by atoms with E-state index in [1.807, 2.05) is 23.8 Å². The normalized spacial score (nSPS) is 12.8. The predicted molar refractivity (Wildman–Crippen MR) is 57.0 cm³/mol. The molecule has 1 rings (SSSR count). The standard InChI is InChI=1S/C10H15NOS/c1-8(2)5-11-6-10(12)9-3-4-13-7-9/h3-4,7,10-12H,1,5-6H2,2H3. The minimum Gasteiger partial charge on any atom is -0.387 e. The summed E-state index contributed by atoms with van der Waals surface area (Å²) in [7, 11) is 0. The Hall–Kier alpha value is -0.640. The van der Waals surface area contributed by atoms with Crippen molar-refractivity contribution in [2.75, 3.05) is 13.1 Å². The maximum atomic E-state index is 9.64. The highest BCUT2D eigenvalue weighted by Gasteiger charge is 2.05. The van der Waals surface area contributed by atoms with Crippen molar-refractivity contribution in [3.05, 3.63) is 34.5 Å². The summed E-state index contributed by atoms with van der Waals surface area (Å²) >= 11 is 1.60. The first-order valence-electron chi connectivity index (χ1n) is 4.25. The Morgan fingerprint density at radius 2 is 2.54 bits per heavy atom. The summed E-state index contributed by atoms with van der Waals surface area (Å²) in [4.78, 5) is 0. The van der Waals surface area contributed by atoms with Gasteiger partial charge < -0.3 is 10.4 Å². The number of hydrogen-bond acceptors (Lipinski definition) is 3. The molecule has 0 amide bonds. The van der Waals surface area contributed by atoms with E-state index in [0.29, 0.717) is 6.54 Å². The fourth-order valence-electron chi connectivity index (χ4n) is 1.00. The molecule has 1 atom stereocenters. The Morgan fingerprint density at radius 3 is 3.08 bits per heavy atom. The number of aliphatic hydroxyl groups is 1. The Balaban J connectivity index is 2.26. The molecule has 0 bridgehead atoms. The number of thiophene rings is 1. The molecule has 1 aromatic heterocycles. The maximum absolute atomic E-state index is 9.64. The second-order valence-electron chi connectivity index (χ2n) is 3.16. The Labute approximate surface area is 82.9 Å². The van der Waals surface area contributed by atoms with Crippen LogP contribution in [0.1, 0.15) is 18.6 Å². The van der Waals surface area contributed by atoms with Gasteiger partial charge in [0.25, 0.3) is 0 Å². The molecule has 0 saturated heterocycles. The van der Waals surface area contributed by atoms with Gasteiger partial charge >= 0.3 is 0 Å². The van der Waals surface area contributed by atoms with Crippen LogP contribution in [0.25, 0.3) is 0 Å². The molecule has 3 heteroatoms. The first-order valence-corrected chi connectivity index (χ1v) is 5.19. The molecule has 0 aliphatic rings. The Kier molecular flexibility index (Phi) is 4.15. The fraction of sp³-hybridized carbons (Fsp3) is 0.400. The van der Waals surface area contributed by atoms with Gasteiger partial charge in [-0.25, -0.2) is 0 Å². The van der Waals surface area contributed by atoms with Crippen LogP contribution in [0.4, 0.5) is 0 Å². The quantitative estimate of drug-likeness (QED) is 0.707. The van der Waals surface area contributed by atoms with Gasteiger partial charge in [0.1, 0.15) is 0 Å². The van der Waals surface area contributed by atoms with Crippen molar-refractivity contribution in [1.29, 1.82) is 0 Å². The topological polar surface area (TPSA) is 32.3 Å².